The van der Waals surface area contributed by atoms with E-state index < -0.39 is 0 Å². The highest BCUT2D eigenvalue weighted by atomic mass is 16.2. The Kier molecular flexibility index (Phi) is 7.74. The van der Waals surface area contributed by atoms with Crippen LogP contribution < -0.4 is 11.1 Å². The van der Waals surface area contributed by atoms with Crippen LogP contribution in [-0.2, 0) is 9.59 Å². The van der Waals surface area contributed by atoms with Gasteiger partial charge in [0, 0.05) is 12.2 Å². The van der Waals surface area contributed by atoms with Gasteiger partial charge >= 0.3 is 0 Å². The van der Waals surface area contributed by atoms with Crippen molar-refractivity contribution in [3.8, 4) is 0 Å². The Bertz CT molecular complexity index is 192. The fraction of sp³-hybridized carbons (Fsp3) is 0.600. The summed E-state index contributed by atoms with van der Waals surface area (Å²) in [6, 6.07) is 0. The van der Waals surface area contributed by atoms with Gasteiger partial charge in [0.15, 0.2) is 0 Å². The third kappa shape index (κ3) is 7.49. The van der Waals surface area contributed by atoms with Crippen LogP contribution in [0.25, 0.3) is 0 Å². The van der Waals surface area contributed by atoms with Gasteiger partial charge in [0.2, 0.25) is 0 Å². The Balaban J connectivity index is 0.000000241. The van der Waals surface area contributed by atoms with E-state index in [-0.39, 0.29) is 11.8 Å². The van der Waals surface area contributed by atoms with Gasteiger partial charge in [0.1, 0.15) is 0 Å². The summed E-state index contributed by atoms with van der Waals surface area (Å²) >= 11 is 0. The van der Waals surface area contributed by atoms with Crippen molar-refractivity contribution in [3.63, 3.8) is 0 Å². The monoisotopic (exact) mass is 198 g/mol. The van der Waals surface area contributed by atoms with Gasteiger partial charge in [-0.25, -0.2) is 0 Å². The second-order valence-corrected chi connectivity index (χ2v) is 3.04. The number of rotatable bonds is 4. The van der Waals surface area contributed by atoms with Gasteiger partial charge < -0.3 is 5.73 Å². The van der Waals surface area contributed by atoms with Crippen LogP contribution in [-0.4, -0.2) is 18.4 Å². The second kappa shape index (κ2) is 8.44. The Morgan fingerprint density at radius 1 is 1.14 bits per heavy atom. The van der Waals surface area contributed by atoms with E-state index in [4.69, 9.17) is 5.73 Å². The van der Waals surface area contributed by atoms with Gasteiger partial charge in [0.25, 0.3) is 11.8 Å². The number of carbonyl (C=O) groups excluding carboxylic acids is 2. The second-order valence-electron chi connectivity index (χ2n) is 3.04. The smallest absolute Gasteiger partial charge is 0.250 e. The van der Waals surface area contributed by atoms with Crippen molar-refractivity contribution < 1.29 is 9.59 Å². The lowest BCUT2D eigenvalue weighted by molar-refractivity contribution is -0.123. The first-order chi connectivity index (χ1) is 6.70. The fourth-order valence-corrected chi connectivity index (χ4v) is 0.927. The van der Waals surface area contributed by atoms with Crippen LogP contribution in [0.2, 0.25) is 0 Å². The number of amides is 2. The van der Waals surface area contributed by atoms with Crippen molar-refractivity contribution in [3.05, 3.63) is 12.2 Å². The summed E-state index contributed by atoms with van der Waals surface area (Å²) in [6.45, 7) is 3.07. The highest BCUT2D eigenvalue weighted by Crippen LogP contribution is 1.95. The molecule has 0 unspecified atom stereocenters. The molecule has 0 spiro atoms. The molecular weight excluding hydrogens is 180 g/mol. The molecule has 4 heteroatoms. The normalized spacial score (nSPS) is 13.6. The van der Waals surface area contributed by atoms with E-state index in [0.29, 0.717) is 0 Å². The number of nitrogens with one attached hydrogen (secondary N) is 1. The largest absolute Gasteiger partial charge is 0.330 e. The Hall–Kier alpha value is -1.16. The molecular formula is C10H18N2O2. The molecule has 14 heavy (non-hydrogen) atoms. The number of imide groups is 1. The maximum atomic E-state index is 10.0. The molecule has 0 saturated carbocycles. The highest BCUT2D eigenvalue weighted by Gasteiger charge is 2.06. The van der Waals surface area contributed by atoms with Gasteiger partial charge in [-0.1, -0.05) is 26.2 Å². The van der Waals surface area contributed by atoms with Gasteiger partial charge in [0.05, 0.1) is 0 Å². The molecule has 0 aromatic rings. The van der Waals surface area contributed by atoms with E-state index in [9.17, 15) is 9.59 Å². The Labute approximate surface area is 84.5 Å². The van der Waals surface area contributed by atoms with E-state index in [0.717, 1.165) is 6.54 Å². The van der Waals surface area contributed by atoms with E-state index in [1.54, 1.807) is 0 Å². The highest BCUT2D eigenvalue weighted by molar-refractivity contribution is 6.12. The molecule has 0 aromatic heterocycles. The van der Waals surface area contributed by atoms with Crippen LogP contribution in [0.5, 0.6) is 0 Å². The topological polar surface area (TPSA) is 72.2 Å². The zero-order valence-corrected chi connectivity index (χ0v) is 8.58. The number of hydrogen-bond donors (Lipinski definition) is 2. The number of unbranched alkanes of at least 4 members (excludes halogenated alkanes) is 3. The average Bonchev–Trinajstić information content (AvgIpc) is 2.52. The summed E-state index contributed by atoms with van der Waals surface area (Å²) in [5, 5.41) is 2.03. The lowest BCUT2D eigenvalue weighted by Crippen LogP contribution is -2.19. The van der Waals surface area contributed by atoms with Crippen LogP contribution in [0.15, 0.2) is 12.2 Å². The molecule has 0 fully saturated rings. The molecule has 1 aliphatic heterocycles. The predicted octanol–water partition coefficient (Wildman–Crippen LogP) is 0.724. The molecule has 0 bridgehead atoms. The first kappa shape index (κ1) is 12.8. The lowest BCUT2D eigenvalue weighted by atomic mass is 10.2. The maximum Gasteiger partial charge on any atom is 0.250 e. The number of nitrogens with two attached hydrogens (primary N) is 1. The van der Waals surface area contributed by atoms with Crippen molar-refractivity contribution in [2.75, 3.05) is 6.54 Å². The molecule has 1 rings (SSSR count). The minimum atomic E-state index is -0.329. The summed E-state index contributed by atoms with van der Waals surface area (Å²) in [6.07, 6.45) is 7.56. The molecule has 0 radical (unpaired) electrons. The molecule has 2 amide bonds. The van der Waals surface area contributed by atoms with Gasteiger partial charge in [-0.05, 0) is 13.0 Å². The minimum Gasteiger partial charge on any atom is -0.330 e. The van der Waals surface area contributed by atoms with Gasteiger partial charge in [-0.2, -0.15) is 0 Å². The standard InChI is InChI=1S/C6H15N.C4H3NO2/c1-2-3-4-5-6-7;6-3-1-2-4(7)5-3/h2-7H2,1H3;1-2H,(H,5,6,7). The summed E-state index contributed by atoms with van der Waals surface area (Å²) in [4.78, 5) is 20.1. The molecule has 4 nitrogen and oxygen atoms in total. The first-order valence-corrected chi connectivity index (χ1v) is 4.93. The van der Waals surface area contributed by atoms with Crippen molar-refractivity contribution in [2.24, 2.45) is 5.73 Å². The van der Waals surface area contributed by atoms with Crippen LogP contribution >= 0.6 is 0 Å². The maximum absolute atomic E-state index is 10.0. The molecule has 1 aliphatic rings. The molecule has 0 atom stereocenters. The molecule has 1 heterocycles. The van der Waals surface area contributed by atoms with Crippen LogP contribution in [0, 0.1) is 0 Å². The first-order valence-electron chi connectivity index (χ1n) is 4.93. The molecule has 0 saturated heterocycles. The zero-order chi connectivity index (χ0) is 10.8. The quantitative estimate of drug-likeness (QED) is 0.516. The van der Waals surface area contributed by atoms with Crippen LogP contribution in [0.1, 0.15) is 32.6 Å². The van der Waals surface area contributed by atoms with Crippen molar-refractivity contribution >= 4 is 11.8 Å². The van der Waals surface area contributed by atoms with Gasteiger partial charge in [-0.3, -0.25) is 14.9 Å². The molecule has 0 aliphatic carbocycles. The summed E-state index contributed by atoms with van der Waals surface area (Å²) in [5.41, 5.74) is 5.27. The third-order valence-corrected chi connectivity index (χ3v) is 1.69. The predicted molar refractivity (Wildman–Crippen MR) is 55.5 cm³/mol. The minimum absolute atomic E-state index is 0.329. The van der Waals surface area contributed by atoms with Crippen LogP contribution in [0.3, 0.4) is 0 Å². The SMILES string of the molecule is CCCCCCN.O=C1C=CC(=O)N1. The fourth-order valence-electron chi connectivity index (χ4n) is 0.927. The zero-order valence-electron chi connectivity index (χ0n) is 8.58. The van der Waals surface area contributed by atoms with E-state index in [2.05, 4.69) is 6.92 Å². The third-order valence-electron chi connectivity index (χ3n) is 1.69. The van der Waals surface area contributed by atoms with Crippen molar-refractivity contribution in [1.29, 1.82) is 0 Å². The van der Waals surface area contributed by atoms with E-state index in [1.807, 2.05) is 5.32 Å². The number of carbonyl (C=O) groups is 2. The average molecular weight is 198 g/mol. The summed E-state index contributed by atoms with van der Waals surface area (Å²) in [7, 11) is 0. The molecule has 0 aromatic carbocycles. The van der Waals surface area contributed by atoms with Crippen molar-refractivity contribution in [1.82, 2.24) is 5.32 Å². The lowest BCUT2D eigenvalue weighted by Gasteiger charge is -1.90. The van der Waals surface area contributed by atoms with Gasteiger partial charge in [-0.15, -0.1) is 0 Å². The summed E-state index contributed by atoms with van der Waals surface area (Å²) < 4.78 is 0. The number of hydrogen-bond acceptors (Lipinski definition) is 3. The van der Waals surface area contributed by atoms with E-state index in [1.165, 1.54) is 37.8 Å². The van der Waals surface area contributed by atoms with E-state index >= 15 is 0 Å². The van der Waals surface area contributed by atoms with Crippen molar-refractivity contribution in [2.45, 2.75) is 32.6 Å². The Morgan fingerprint density at radius 2 is 1.71 bits per heavy atom. The summed E-state index contributed by atoms with van der Waals surface area (Å²) in [5.74, 6) is -0.657. The van der Waals surface area contributed by atoms with Crippen LogP contribution in [0.4, 0.5) is 0 Å². The molecule has 80 valence electrons. The molecule has 3 N–H and O–H groups in total. The Morgan fingerprint density at radius 3 is 2.00 bits per heavy atom.